The van der Waals surface area contributed by atoms with Gasteiger partial charge in [0, 0.05) is 32.1 Å². The van der Waals surface area contributed by atoms with Gasteiger partial charge >= 0.3 is 35.8 Å². The van der Waals surface area contributed by atoms with E-state index in [9.17, 15) is 28.8 Å². The number of aliphatic carboxylic acids is 2. The monoisotopic (exact) mass is 374 g/mol. The fourth-order valence-corrected chi connectivity index (χ4v) is 1.71. The van der Waals surface area contributed by atoms with Crippen molar-refractivity contribution in [2.75, 3.05) is 0 Å². The van der Waals surface area contributed by atoms with E-state index in [1.807, 2.05) is 0 Å². The smallest absolute Gasteiger partial charge is 0.316 e. The van der Waals surface area contributed by atoms with Crippen LogP contribution in [-0.4, -0.2) is 46.0 Å². The maximum Gasteiger partial charge on any atom is 0.316 e. The molecule has 146 valence electrons. The van der Waals surface area contributed by atoms with Crippen LogP contribution in [0.1, 0.15) is 58.3 Å². The predicted molar refractivity (Wildman–Crippen MR) is 83.6 cm³/mol. The average molecular weight is 374 g/mol. The van der Waals surface area contributed by atoms with Gasteiger partial charge in [-0.05, 0) is 19.3 Å². The minimum absolute atomic E-state index is 0.0114. The van der Waals surface area contributed by atoms with E-state index in [0.717, 1.165) is 0 Å². The lowest BCUT2D eigenvalue weighted by atomic mass is 10.1. The van der Waals surface area contributed by atoms with Crippen molar-refractivity contribution in [3.05, 3.63) is 0 Å². The fourth-order valence-electron chi connectivity index (χ4n) is 1.71. The average Bonchev–Trinajstić information content (AvgIpc) is 2.51. The molecular formula is C16H22O10. The van der Waals surface area contributed by atoms with Crippen LogP contribution in [0.2, 0.25) is 0 Å². The zero-order valence-electron chi connectivity index (χ0n) is 14.4. The van der Waals surface area contributed by atoms with Gasteiger partial charge in [-0.3, -0.25) is 28.8 Å². The molecule has 0 aliphatic heterocycles. The minimum Gasteiger partial charge on any atom is -0.481 e. The summed E-state index contributed by atoms with van der Waals surface area (Å²) in [4.78, 5) is 66.4. The highest BCUT2D eigenvalue weighted by Gasteiger charge is 2.20. The normalized spacial score (nSPS) is 11.3. The Morgan fingerprint density at radius 2 is 1.12 bits per heavy atom. The molecule has 2 N–H and O–H groups in total. The SMILES string of the molecule is CC(CCC(=O)OC(=O)CCCC(=O)O)C(=O)OC(=O)CCCC(=O)O. The number of carbonyl (C=O) groups excluding carboxylic acids is 4. The highest BCUT2D eigenvalue weighted by molar-refractivity contribution is 5.88. The number of carboxylic acids is 2. The summed E-state index contributed by atoms with van der Waals surface area (Å²) in [6, 6.07) is 0. The van der Waals surface area contributed by atoms with Crippen molar-refractivity contribution in [2.24, 2.45) is 5.92 Å². The van der Waals surface area contributed by atoms with Crippen molar-refractivity contribution in [3.8, 4) is 0 Å². The third kappa shape index (κ3) is 12.6. The maximum atomic E-state index is 11.7. The van der Waals surface area contributed by atoms with E-state index in [4.69, 9.17) is 10.2 Å². The van der Waals surface area contributed by atoms with Crippen molar-refractivity contribution in [3.63, 3.8) is 0 Å². The molecule has 0 fully saturated rings. The summed E-state index contributed by atoms with van der Waals surface area (Å²) in [5.74, 6) is -6.33. The van der Waals surface area contributed by atoms with Crippen LogP contribution in [-0.2, 0) is 38.2 Å². The van der Waals surface area contributed by atoms with Gasteiger partial charge < -0.3 is 19.7 Å². The number of carbonyl (C=O) groups is 6. The number of ether oxygens (including phenoxy) is 2. The van der Waals surface area contributed by atoms with Crippen LogP contribution in [0.4, 0.5) is 0 Å². The van der Waals surface area contributed by atoms with Crippen LogP contribution in [0.15, 0.2) is 0 Å². The van der Waals surface area contributed by atoms with Gasteiger partial charge in [-0.1, -0.05) is 6.92 Å². The van der Waals surface area contributed by atoms with Gasteiger partial charge in [-0.25, -0.2) is 0 Å². The van der Waals surface area contributed by atoms with Gasteiger partial charge in [0.2, 0.25) is 0 Å². The van der Waals surface area contributed by atoms with Gasteiger partial charge in [0.15, 0.2) is 0 Å². The molecular weight excluding hydrogens is 352 g/mol. The fraction of sp³-hybridized carbons (Fsp3) is 0.625. The first-order valence-electron chi connectivity index (χ1n) is 8.03. The number of rotatable bonds is 12. The zero-order valence-corrected chi connectivity index (χ0v) is 14.4. The first kappa shape index (κ1) is 23.2. The van der Waals surface area contributed by atoms with E-state index in [-0.39, 0.29) is 51.4 Å². The second-order valence-corrected chi connectivity index (χ2v) is 5.57. The van der Waals surface area contributed by atoms with Crippen LogP contribution in [0.3, 0.4) is 0 Å². The third-order valence-electron chi connectivity index (χ3n) is 3.17. The molecule has 0 radical (unpaired) electrons. The summed E-state index contributed by atoms with van der Waals surface area (Å²) in [7, 11) is 0. The van der Waals surface area contributed by atoms with Crippen molar-refractivity contribution >= 4 is 35.8 Å². The Morgan fingerprint density at radius 1 is 0.692 bits per heavy atom. The third-order valence-corrected chi connectivity index (χ3v) is 3.17. The Kier molecular flexibility index (Phi) is 11.2. The lowest BCUT2D eigenvalue weighted by molar-refractivity contribution is -0.162. The Hall–Kier alpha value is -2.78. The zero-order chi connectivity index (χ0) is 20.1. The number of hydrogen-bond acceptors (Lipinski definition) is 8. The van der Waals surface area contributed by atoms with Crippen LogP contribution >= 0.6 is 0 Å². The molecule has 0 aliphatic carbocycles. The summed E-state index contributed by atoms with van der Waals surface area (Å²) in [6.07, 6.45) is -1.02. The molecule has 0 spiro atoms. The first-order chi connectivity index (χ1) is 12.1. The summed E-state index contributed by atoms with van der Waals surface area (Å²) in [5.41, 5.74) is 0. The topological polar surface area (TPSA) is 161 Å². The largest absolute Gasteiger partial charge is 0.481 e. The molecule has 0 aromatic rings. The maximum absolute atomic E-state index is 11.7. The van der Waals surface area contributed by atoms with Crippen molar-refractivity contribution in [2.45, 2.75) is 58.3 Å². The molecule has 0 rings (SSSR count). The number of carboxylic acid groups (broad SMARTS) is 2. The molecule has 10 heteroatoms. The molecule has 0 amide bonds. The van der Waals surface area contributed by atoms with Gasteiger partial charge in [-0.2, -0.15) is 0 Å². The Labute approximate surface area is 149 Å². The van der Waals surface area contributed by atoms with Crippen molar-refractivity contribution < 1.29 is 48.5 Å². The molecule has 0 heterocycles. The number of esters is 4. The van der Waals surface area contributed by atoms with Crippen LogP contribution in [0.25, 0.3) is 0 Å². The highest BCUT2D eigenvalue weighted by atomic mass is 16.6. The van der Waals surface area contributed by atoms with Gasteiger partial charge in [0.1, 0.15) is 0 Å². The summed E-state index contributed by atoms with van der Waals surface area (Å²) in [6.45, 7) is 1.43. The molecule has 10 nitrogen and oxygen atoms in total. The lowest BCUT2D eigenvalue weighted by Gasteiger charge is -2.09. The van der Waals surface area contributed by atoms with Gasteiger partial charge in [0.25, 0.3) is 0 Å². The predicted octanol–water partition coefficient (Wildman–Crippen LogP) is 1.05. The molecule has 0 bridgehead atoms. The molecule has 0 saturated carbocycles. The molecule has 1 atom stereocenters. The van der Waals surface area contributed by atoms with E-state index in [2.05, 4.69) is 9.47 Å². The summed E-state index contributed by atoms with van der Waals surface area (Å²) < 4.78 is 9.01. The van der Waals surface area contributed by atoms with E-state index < -0.39 is 41.7 Å². The first-order valence-corrected chi connectivity index (χ1v) is 8.03. The summed E-state index contributed by atoms with van der Waals surface area (Å²) >= 11 is 0. The second-order valence-electron chi connectivity index (χ2n) is 5.57. The van der Waals surface area contributed by atoms with Crippen molar-refractivity contribution in [1.82, 2.24) is 0 Å². The molecule has 0 aromatic carbocycles. The molecule has 0 aliphatic rings. The van der Waals surface area contributed by atoms with Crippen LogP contribution in [0, 0.1) is 5.92 Å². The molecule has 26 heavy (non-hydrogen) atoms. The second kappa shape index (κ2) is 12.6. The van der Waals surface area contributed by atoms with E-state index in [1.165, 1.54) is 6.92 Å². The van der Waals surface area contributed by atoms with E-state index in [0.29, 0.717) is 0 Å². The van der Waals surface area contributed by atoms with Crippen molar-refractivity contribution in [1.29, 1.82) is 0 Å². The Bertz CT molecular complexity index is 551. The van der Waals surface area contributed by atoms with Gasteiger partial charge in [0.05, 0.1) is 5.92 Å². The van der Waals surface area contributed by atoms with Crippen LogP contribution in [0.5, 0.6) is 0 Å². The quantitative estimate of drug-likeness (QED) is 0.373. The lowest BCUT2D eigenvalue weighted by Crippen LogP contribution is -2.21. The Balaban J connectivity index is 4.01. The van der Waals surface area contributed by atoms with Gasteiger partial charge in [-0.15, -0.1) is 0 Å². The molecule has 0 aromatic heterocycles. The van der Waals surface area contributed by atoms with Crippen LogP contribution < -0.4 is 0 Å². The Morgan fingerprint density at radius 3 is 1.58 bits per heavy atom. The number of hydrogen-bond donors (Lipinski definition) is 2. The summed E-state index contributed by atoms with van der Waals surface area (Å²) in [5, 5.41) is 16.9. The molecule has 1 unspecified atom stereocenters. The standard InChI is InChI=1S/C16H22O10/c1-10(16(24)26-14(22)7-3-5-12(19)20)8-9-15(23)25-13(21)6-2-4-11(17)18/h10H,2-9H2,1H3,(H,17,18)(H,19,20). The van der Waals surface area contributed by atoms with E-state index >= 15 is 0 Å². The highest BCUT2D eigenvalue weighted by Crippen LogP contribution is 2.11. The minimum atomic E-state index is -1.06. The van der Waals surface area contributed by atoms with E-state index in [1.54, 1.807) is 0 Å². The molecule has 0 saturated heterocycles.